The Hall–Kier alpha value is -1.51. The van der Waals surface area contributed by atoms with Gasteiger partial charge in [-0.1, -0.05) is 26.0 Å². The molecule has 2 rings (SSSR count). The summed E-state index contributed by atoms with van der Waals surface area (Å²) in [5.74, 6) is 0.0759. The highest BCUT2D eigenvalue weighted by molar-refractivity contribution is 5.69. The second-order valence-electron chi connectivity index (χ2n) is 5.30. The zero-order valence-electron chi connectivity index (χ0n) is 10.3. The van der Waals surface area contributed by atoms with Gasteiger partial charge in [-0.05, 0) is 30.5 Å². The van der Waals surface area contributed by atoms with Crippen molar-refractivity contribution in [3.63, 3.8) is 0 Å². The summed E-state index contributed by atoms with van der Waals surface area (Å²) in [6, 6.07) is 7.78. The molecule has 0 saturated heterocycles. The molecule has 0 atom stereocenters. The Morgan fingerprint density at radius 2 is 2.18 bits per heavy atom. The molecule has 0 aromatic heterocycles. The van der Waals surface area contributed by atoms with Gasteiger partial charge in [-0.15, -0.1) is 0 Å². The molecule has 0 heterocycles. The normalized spacial score (nSPS) is 15.6. The van der Waals surface area contributed by atoms with Crippen LogP contribution >= 0.6 is 0 Å². The first-order valence-corrected chi connectivity index (χ1v) is 5.96. The largest absolute Gasteiger partial charge is 0.490 e. The number of rotatable bonds is 5. The summed E-state index contributed by atoms with van der Waals surface area (Å²) in [7, 11) is 0. The maximum Gasteiger partial charge on any atom is 0.304 e. The summed E-state index contributed by atoms with van der Waals surface area (Å²) < 4.78 is 5.72. The summed E-state index contributed by atoms with van der Waals surface area (Å²) in [6.07, 6.45) is 2.75. The first kappa shape index (κ1) is 12.0. The third-order valence-corrected chi connectivity index (χ3v) is 3.04. The van der Waals surface area contributed by atoms with Gasteiger partial charge in [-0.2, -0.15) is 0 Å². The van der Waals surface area contributed by atoms with Gasteiger partial charge < -0.3 is 9.84 Å². The summed E-state index contributed by atoms with van der Waals surface area (Å²) >= 11 is 0. The monoisotopic (exact) mass is 234 g/mol. The van der Waals surface area contributed by atoms with Gasteiger partial charge in [0.05, 0.1) is 12.5 Å². The Kier molecular flexibility index (Phi) is 3.09. The highest BCUT2D eigenvalue weighted by atomic mass is 16.5. The zero-order valence-corrected chi connectivity index (χ0v) is 10.3. The lowest BCUT2D eigenvalue weighted by atomic mass is 9.81. The van der Waals surface area contributed by atoms with E-state index in [0.29, 0.717) is 6.10 Å². The van der Waals surface area contributed by atoms with E-state index in [2.05, 4.69) is 0 Å². The number of carboxylic acid groups (broad SMARTS) is 1. The number of carbonyl (C=O) groups is 1. The molecule has 1 aromatic rings. The molecule has 1 N–H and O–H groups in total. The van der Waals surface area contributed by atoms with Gasteiger partial charge in [0.25, 0.3) is 0 Å². The minimum atomic E-state index is -0.775. The summed E-state index contributed by atoms with van der Waals surface area (Å²) in [6.45, 7) is 3.88. The Labute approximate surface area is 101 Å². The van der Waals surface area contributed by atoms with E-state index in [0.717, 1.165) is 24.2 Å². The van der Waals surface area contributed by atoms with Crippen molar-refractivity contribution in [2.24, 2.45) is 0 Å². The fourth-order valence-electron chi connectivity index (χ4n) is 1.85. The van der Waals surface area contributed by atoms with E-state index in [1.807, 2.05) is 38.1 Å². The van der Waals surface area contributed by atoms with Crippen molar-refractivity contribution in [1.29, 1.82) is 0 Å². The molecule has 3 nitrogen and oxygen atoms in total. The van der Waals surface area contributed by atoms with Crippen molar-refractivity contribution >= 4 is 5.97 Å². The summed E-state index contributed by atoms with van der Waals surface area (Å²) in [5.41, 5.74) is 0.646. The topological polar surface area (TPSA) is 46.5 Å². The molecule has 0 radical (unpaired) electrons. The predicted molar refractivity (Wildman–Crippen MR) is 65.4 cm³/mol. The van der Waals surface area contributed by atoms with E-state index < -0.39 is 5.97 Å². The molecule has 0 bridgehead atoms. The van der Waals surface area contributed by atoms with Gasteiger partial charge in [-0.3, -0.25) is 4.79 Å². The lowest BCUT2D eigenvalue weighted by Gasteiger charge is -2.23. The number of hydrogen-bond donors (Lipinski definition) is 1. The van der Waals surface area contributed by atoms with E-state index in [4.69, 9.17) is 9.84 Å². The van der Waals surface area contributed by atoms with Crippen LogP contribution in [0.1, 0.15) is 38.7 Å². The van der Waals surface area contributed by atoms with Crippen LogP contribution in [0, 0.1) is 0 Å². The Balaban J connectivity index is 2.15. The molecule has 1 aromatic carbocycles. The quantitative estimate of drug-likeness (QED) is 0.852. The SMILES string of the molecule is CC(C)(CC(=O)O)c1cccc(OC2CC2)c1. The molecule has 3 heteroatoms. The van der Waals surface area contributed by atoms with E-state index in [9.17, 15) is 4.79 Å². The molecule has 0 spiro atoms. The lowest BCUT2D eigenvalue weighted by molar-refractivity contribution is -0.138. The molecule has 0 unspecified atom stereocenters. The number of carboxylic acids is 1. The molecule has 1 fully saturated rings. The molecule has 1 aliphatic rings. The van der Waals surface area contributed by atoms with Crippen molar-refractivity contribution in [3.8, 4) is 5.75 Å². The van der Waals surface area contributed by atoms with E-state index in [1.54, 1.807) is 0 Å². The average molecular weight is 234 g/mol. The highest BCUT2D eigenvalue weighted by Gasteiger charge is 2.26. The molecule has 92 valence electrons. The standard InChI is InChI=1S/C14H18O3/c1-14(2,9-13(15)16)10-4-3-5-12(8-10)17-11-6-7-11/h3-5,8,11H,6-7,9H2,1-2H3,(H,15,16). The van der Waals surface area contributed by atoms with Crippen LogP contribution in [0.5, 0.6) is 5.75 Å². The predicted octanol–water partition coefficient (Wildman–Crippen LogP) is 2.98. The van der Waals surface area contributed by atoms with Crippen LogP contribution in [-0.2, 0) is 10.2 Å². The molecule has 1 aliphatic carbocycles. The van der Waals surface area contributed by atoms with Gasteiger partial charge >= 0.3 is 5.97 Å². The molecular formula is C14H18O3. The van der Waals surface area contributed by atoms with Gasteiger partial charge in [0, 0.05) is 5.41 Å². The van der Waals surface area contributed by atoms with Crippen LogP contribution in [0.4, 0.5) is 0 Å². The van der Waals surface area contributed by atoms with Crippen molar-refractivity contribution in [3.05, 3.63) is 29.8 Å². The second-order valence-corrected chi connectivity index (χ2v) is 5.30. The van der Waals surface area contributed by atoms with Gasteiger partial charge in [-0.25, -0.2) is 0 Å². The van der Waals surface area contributed by atoms with Crippen LogP contribution in [0.3, 0.4) is 0 Å². The van der Waals surface area contributed by atoms with Crippen LogP contribution in [0.15, 0.2) is 24.3 Å². The number of hydrogen-bond acceptors (Lipinski definition) is 2. The first-order chi connectivity index (χ1) is 7.97. The highest BCUT2D eigenvalue weighted by Crippen LogP contribution is 2.32. The van der Waals surface area contributed by atoms with Crippen molar-refractivity contribution < 1.29 is 14.6 Å². The average Bonchev–Trinajstić information content (AvgIpc) is 3.00. The number of benzene rings is 1. The van der Waals surface area contributed by atoms with Crippen molar-refractivity contribution in [2.75, 3.05) is 0 Å². The van der Waals surface area contributed by atoms with Crippen LogP contribution in [0.2, 0.25) is 0 Å². The molecule has 17 heavy (non-hydrogen) atoms. The third kappa shape index (κ3) is 3.22. The first-order valence-electron chi connectivity index (χ1n) is 5.96. The van der Waals surface area contributed by atoms with E-state index >= 15 is 0 Å². The van der Waals surface area contributed by atoms with Crippen molar-refractivity contribution in [2.45, 2.75) is 44.6 Å². The Morgan fingerprint density at radius 3 is 2.76 bits per heavy atom. The third-order valence-electron chi connectivity index (χ3n) is 3.04. The minimum Gasteiger partial charge on any atom is -0.490 e. The minimum absolute atomic E-state index is 0.125. The van der Waals surface area contributed by atoms with E-state index in [1.165, 1.54) is 0 Å². The molecule has 1 saturated carbocycles. The summed E-state index contributed by atoms with van der Waals surface area (Å²) in [4.78, 5) is 10.8. The van der Waals surface area contributed by atoms with Gasteiger partial charge in [0.1, 0.15) is 5.75 Å². The maximum absolute atomic E-state index is 10.8. The Bertz CT molecular complexity index is 419. The zero-order chi connectivity index (χ0) is 12.5. The van der Waals surface area contributed by atoms with Gasteiger partial charge in [0.15, 0.2) is 0 Å². The lowest BCUT2D eigenvalue weighted by Crippen LogP contribution is -2.21. The van der Waals surface area contributed by atoms with Crippen LogP contribution < -0.4 is 4.74 Å². The van der Waals surface area contributed by atoms with Gasteiger partial charge in [0.2, 0.25) is 0 Å². The second kappa shape index (κ2) is 4.40. The number of aliphatic carboxylic acids is 1. The van der Waals surface area contributed by atoms with Crippen molar-refractivity contribution in [1.82, 2.24) is 0 Å². The fourth-order valence-corrected chi connectivity index (χ4v) is 1.85. The van der Waals surface area contributed by atoms with Crippen LogP contribution in [0.25, 0.3) is 0 Å². The molecule has 0 amide bonds. The molecular weight excluding hydrogens is 216 g/mol. The number of ether oxygens (including phenoxy) is 1. The van der Waals surface area contributed by atoms with E-state index in [-0.39, 0.29) is 11.8 Å². The maximum atomic E-state index is 10.8. The molecule has 0 aliphatic heterocycles. The van der Waals surface area contributed by atoms with Crippen LogP contribution in [-0.4, -0.2) is 17.2 Å². The fraction of sp³-hybridized carbons (Fsp3) is 0.500. The summed E-state index contributed by atoms with van der Waals surface area (Å²) in [5, 5.41) is 8.90. The Morgan fingerprint density at radius 1 is 1.47 bits per heavy atom. The smallest absolute Gasteiger partial charge is 0.304 e.